The van der Waals surface area contributed by atoms with Crippen LogP contribution in [0.25, 0.3) is 11.2 Å². The number of amides is 2. The van der Waals surface area contributed by atoms with E-state index in [0.717, 1.165) is 4.90 Å². The number of carbonyl (C=O) groups excluding carboxylic acids is 2. The molecule has 1 N–H and O–H groups in total. The van der Waals surface area contributed by atoms with Gasteiger partial charge in [-0.05, 0) is 12.1 Å². The van der Waals surface area contributed by atoms with Crippen molar-refractivity contribution in [2.24, 2.45) is 14.1 Å². The Morgan fingerprint density at radius 1 is 1.09 bits per heavy atom. The van der Waals surface area contributed by atoms with Crippen molar-refractivity contribution >= 4 is 28.9 Å². The molecule has 0 unspecified atom stereocenters. The number of aryl methyl sites for hydroxylation is 2. The zero-order chi connectivity index (χ0) is 16.3. The number of carbonyl (C=O) groups is 2. The van der Waals surface area contributed by atoms with E-state index in [-0.39, 0.29) is 5.95 Å². The van der Waals surface area contributed by atoms with E-state index in [1.165, 1.54) is 0 Å². The van der Waals surface area contributed by atoms with E-state index in [0.29, 0.717) is 22.3 Å². The van der Waals surface area contributed by atoms with Gasteiger partial charge < -0.3 is 0 Å². The zero-order valence-electron chi connectivity index (χ0n) is 12.4. The Labute approximate surface area is 129 Å². The Hall–Kier alpha value is -3.29. The van der Waals surface area contributed by atoms with Crippen molar-refractivity contribution in [2.45, 2.75) is 0 Å². The Morgan fingerprint density at radius 3 is 2.30 bits per heavy atom. The van der Waals surface area contributed by atoms with Gasteiger partial charge in [-0.25, -0.2) is 14.0 Å². The van der Waals surface area contributed by atoms with E-state index in [1.54, 1.807) is 53.8 Å². The molecule has 0 spiro atoms. The van der Waals surface area contributed by atoms with Crippen LogP contribution in [0.15, 0.2) is 35.4 Å². The van der Waals surface area contributed by atoms with Crippen molar-refractivity contribution in [1.82, 2.24) is 14.5 Å². The Morgan fingerprint density at radius 2 is 1.70 bits per heavy atom. The number of aromatic nitrogens is 4. The van der Waals surface area contributed by atoms with Gasteiger partial charge in [0.05, 0.1) is 25.2 Å². The summed E-state index contributed by atoms with van der Waals surface area (Å²) in [5.41, 5.74) is 0.954. The van der Waals surface area contributed by atoms with E-state index in [1.807, 2.05) is 0 Å². The maximum absolute atomic E-state index is 12.5. The SMILES string of the molecule is Cn1c[n+](C)c2c(=O)[nH]c(N3C(=O)c4ccccc4C3=O)nc21. The summed E-state index contributed by atoms with van der Waals surface area (Å²) in [7, 11) is 3.46. The maximum atomic E-state index is 12.5. The molecule has 0 atom stereocenters. The Balaban J connectivity index is 1.95. The second-order valence-corrected chi connectivity index (χ2v) is 5.39. The number of imide groups is 1. The first-order chi connectivity index (χ1) is 11.0. The average molecular weight is 310 g/mol. The summed E-state index contributed by atoms with van der Waals surface area (Å²) >= 11 is 0. The minimum atomic E-state index is -0.494. The number of hydrogen-bond donors (Lipinski definition) is 1. The van der Waals surface area contributed by atoms with Crippen LogP contribution in [-0.2, 0) is 14.1 Å². The van der Waals surface area contributed by atoms with E-state index in [2.05, 4.69) is 9.97 Å². The van der Waals surface area contributed by atoms with Crippen LogP contribution in [0.3, 0.4) is 0 Å². The van der Waals surface area contributed by atoms with E-state index in [4.69, 9.17) is 0 Å². The van der Waals surface area contributed by atoms with Crippen molar-refractivity contribution in [3.63, 3.8) is 0 Å². The third-order valence-corrected chi connectivity index (χ3v) is 3.90. The molecule has 0 radical (unpaired) electrons. The standard InChI is InChI=1S/C15H11N5O3/c1-18-7-19(2)11-10(18)12(21)17-15(16-11)20-13(22)8-5-3-4-6-9(8)14(20)23/h3-7H,1-2H3/p+1. The number of rotatable bonds is 1. The van der Waals surface area contributed by atoms with Gasteiger partial charge in [0.1, 0.15) is 0 Å². The predicted molar refractivity (Wildman–Crippen MR) is 80.1 cm³/mol. The number of benzene rings is 1. The number of aromatic amines is 1. The van der Waals surface area contributed by atoms with Crippen LogP contribution in [0.4, 0.5) is 5.95 Å². The molecule has 0 saturated carbocycles. The first kappa shape index (κ1) is 13.4. The number of imidazole rings is 1. The molecule has 1 aromatic carbocycles. The summed E-state index contributed by atoms with van der Waals surface area (Å²) in [5, 5.41) is 0. The van der Waals surface area contributed by atoms with Crippen molar-refractivity contribution in [3.05, 3.63) is 52.1 Å². The molecule has 1 aliphatic heterocycles. The van der Waals surface area contributed by atoms with Gasteiger partial charge in [0, 0.05) is 0 Å². The number of anilines is 1. The smallest absolute Gasteiger partial charge is 0.288 e. The molecule has 3 aromatic rings. The molecule has 3 heterocycles. The Bertz CT molecular complexity index is 1030. The van der Waals surface area contributed by atoms with E-state index < -0.39 is 17.4 Å². The summed E-state index contributed by atoms with van der Waals surface area (Å²) in [6, 6.07) is 6.53. The van der Waals surface area contributed by atoms with Crippen molar-refractivity contribution < 1.29 is 14.2 Å². The minimum Gasteiger partial charge on any atom is -0.288 e. The molecule has 0 fully saturated rings. The lowest BCUT2D eigenvalue weighted by Crippen LogP contribution is -2.35. The van der Waals surface area contributed by atoms with Gasteiger partial charge >= 0.3 is 5.56 Å². The van der Waals surface area contributed by atoms with Crippen LogP contribution in [0.1, 0.15) is 20.7 Å². The van der Waals surface area contributed by atoms with Crippen LogP contribution >= 0.6 is 0 Å². The summed E-state index contributed by atoms with van der Waals surface area (Å²) in [5.74, 6) is -1.06. The first-order valence-corrected chi connectivity index (χ1v) is 6.92. The number of nitrogens with one attached hydrogen (secondary N) is 1. The zero-order valence-corrected chi connectivity index (χ0v) is 12.4. The molecule has 114 valence electrons. The third kappa shape index (κ3) is 1.68. The molecular weight excluding hydrogens is 298 g/mol. The van der Waals surface area contributed by atoms with Gasteiger partial charge in [0.15, 0.2) is 0 Å². The molecule has 8 nitrogen and oxygen atoms in total. The average Bonchev–Trinajstić information content (AvgIpc) is 2.95. The highest BCUT2D eigenvalue weighted by molar-refractivity contribution is 6.33. The number of fused-ring (bicyclic) bond motifs is 2. The topological polar surface area (TPSA) is 91.9 Å². The molecule has 23 heavy (non-hydrogen) atoms. The fraction of sp³-hybridized carbons (Fsp3) is 0.133. The second-order valence-electron chi connectivity index (χ2n) is 5.39. The molecular formula is C15H12N5O3+. The van der Waals surface area contributed by atoms with Crippen molar-refractivity contribution in [1.29, 1.82) is 0 Å². The van der Waals surface area contributed by atoms with Crippen LogP contribution in [0, 0.1) is 0 Å². The highest BCUT2D eigenvalue weighted by Crippen LogP contribution is 2.25. The molecule has 2 aromatic heterocycles. The lowest BCUT2D eigenvalue weighted by Gasteiger charge is -2.11. The minimum absolute atomic E-state index is 0.0736. The molecule has 4 rings (SSSR count). The summed E-state index contributed by atoms with van der Waals surface area (Å²) in [6.45, 7) is 0. The van der Waals surface area contributed by atoms with Gasteiger partial charge in [-0.3, -0.25) is 19.4 Å². The largest absolute Gasteiger partial charge is 0.304 e. The van der Waals surface area contributed by atoms with Gasteiger partial charge in [-0.1, -0.05) is 12.1 Å². The summed E-state index contributed by atoms with van der Waals surface area (Å²) in [6.07, 6.45) is 1.69. The third-order valence-electron chi connectivity index (χ3n) is 3.90. The van der Waals surface area contributed by atoms with Crippen molar-refractivity contribution in [2.75, 3.05) is 4.90 Å². The number of nitrogens with zero attached hydrogens (tertiary/aromatic N) is 4. The van der Waals surface area contributed by atoms with Crippen LogP contribution in [0.5, 0.6) is 0 Å². The normalized spacial score (nSPS) is 13.9. The summed E-state index contributed by atoms with van der Waals surface area (Å²) in [4.78, 5) is 45.0. The molecule has 2 amide bonds. The summed E-state index contributed by atoms with van der Waals surface area (Å²) < 4.78 is 3.29. The fourth-order valence-electron chi connectivity index (χ4n) is 2.87. The number of hydrogen-bond acceptors (Lipinski definition) is 4. The fourth-order valence-corrected chi connectivity index (χ4v) is 2.87. The molecule has 0 saturated heterocycles. The van der Waals surface area contributed by atoms with E-state index in [9.17, 15) is 14.4 Å². The monoisotopic (exact) mass is 310 g/mol. The first-order valence-electron chi connectivity index (χ1n) is 6.92. The molecule has 1 aliphatic rings. The molecule has 0 aliphatic carbocycles. The Kier molecular flexibility index (Phi) is 2.53. The molecule has 8 heteroatoms. The quantitative estimate of drug-likeness (QED) is 0.501. The van der Waals surface area contributed by atoms with Crippen LogP contribution in [0.2, 0.25) is 0 Å². The van der Waals surface area contributed by atoms with Gasteiger partial charge in [0.2, 0.25) is 12.3 Å². The van der Waals surface area contributed by atoms with Crippen molar-refractivity contribution in [3.8, 4) is 0 Å². The highest BCUT2D eigenvalue weighted by atomic mass is 16.2. The lowest BCUT2D eigenvalue weighted by atomic mass is 10.1. The highest BCUT2D eigenvalue weighted by Gasteiger charge is 2.38. The second kappa shape index (κ2) is 4.35. The van der Waals surface area contributed by atoms with Crippen LogP contribution in [-0.4, -0.2) is 26.3 Å². The maximum Gasteiger partial charge on any atom is 0.304 e. The van der Waals surface area contributed by atoms with Gasteiger partial charge in [-0.2, -0.15) is 4.98 Å². The van der Waals surface area contributed by atoms with Crippen LogP contribution < -0.4 is 15.0 Å². The lowest BCUT2D eigenvalue weighted by molar-refractivity contribution is -0.646. The van der Waals surface area contributed by atoms with Gasteiger partial charge in [0.25, 0.3) is 23.0 Å². The molecule has 0 bridgehead atoms. The number of H-pyrrole nitrogens is 1. The predicted octanol–water partition coefficient (Wildman–Crippen LogP) is -0.113. The van der Waals surface area contributed by atoms with Gasteiger partial charge in [-0.15, -0.1) is 0 Å². The van der Waals surface area contributed by atoms with E-state index >= 15 is 0 Å².